The van der Waals surface area contributed by atoms with Crippen molar-refractivity contribution in [3.05, 3.63) is 12.0 Å². The molecule has 1 aromatic heterocycles. The Bertz CT molecular complexity index is 355. The fourth-order valence-electron chi connectivity index (χ4n) is 0.606. The normalized spacial score (nSPS) is 11.5. The molecule has 1 aromatic rings. The van der Waals surface area contributed by atoms with Gasteiger partial charge in [0.25, 0.3) is 0 Å². The Balaban J connectivity index is 2.77. The zero-order valence-corrected chi connectivity index (χ0v) is 7.68. The molecular formula is C6H10N2O3S. The van der Waals surface area contributed by atoms with Gasteiger partial charge in [-0.05, 0) is 13.8 Å². The third-order valence-corrected chi connectivity index (χ3v) is 2.49. The molecule has 0 radical (unpaired) electrons. The van der Waals surface area contributed by atoms with Crippen LogP contribution in [0.5, 0.6) is 0 Å². The van der Waals surface area contributed by atoms with Crippen molar-refractivity contribution >= 4 is 16.0 Å². The maximum Gasteiger partial charge on any atom is 0.308 e. The molecule has 1 N–H and O–H groups in total. The predicted molar refractivity (Wildman–Crippen MR) is 44.3 cm³/mol. The van der Waals surface area contributed by atoms with Gasteiger partial charge in [0.2, 0.25) is 10.0 Å². The highest BCUT2D eigenvalue weighted by molar-refractivity contribution is 7.92. The van der Waals surface area contributed by atoms with Gasteiger partial charge in [0, 0.05) is 0 Å². The van der Waals surface area contributed by atoms with Crippen LogP contribution >= 0.6 is 0 Å². The predicted octanol–water partition coefficient (Wildman–Crippen LogP) is 0.745. The number of rotatable bonds is 3. The van der Waals surface area contributed by atoms with Crippen LogP contribution in [0, 0.1) is 6.92 Å². The molecule has 0 amide bonds. The van der Waals surface area contributed by atoms with E-state index in [-0.39, 0.29) is 11.8 Å². The number of aromatic nitrogens is 1. The van der Waals surface area contributed by atoms with E-state index in [9.17, 15) is 8.42 Å². The van der Waals surface area contributed by atoms with Gasteiger partial charge in [-0.1, -0.05) is 0 Å². The van der Waals surface area contributed by atoms with Gasteiger partial charge in [0.1, 0.15) is 6.26 Å². The first-order chi connectivity index (χ1) is 5.53. The highest BCUT2D eigenvalue weighted by atomic mass is 32.2. The molecule has 0 spiro atoms. The second-order valence-electron chi connectivity index (χ2n) is 2.30. The van der Waals surface area contributed by atoms with Crippen molar-refractivity contribution in [3.63, 3.8) is 0 Å². The lowest BCUT2D eigenvalue weighted by molar-refractivity contribution is 0.570. The number of hydrogen-bond acceptors (Lipinski definition) is 4. The van der Waals surface area contributed by atoms with Gasteiger partial charge < -0.3 is 4.42 Å². The zero-order chi connectivity index (χ0) is 9.19. The number of sulfonamides is 1. The number of nitrogens with one attached hydrogen (secondary N) is 1. The van der Waals surface area contributed by atoms with E-state index in [0.29, 0.717) is 5.69 Å². The van der Waals surface area contributed by atoms with Crippen molar-refractivity contribution in [2.75, 3.05) is 10.5 Å². The average molecular weight is 190 g/mol. The molecule has 12 heavy (non-hydrogen) atoms. The van der Waals surface area contributed by atoms with Gasteiger partial charge in [-0.25, -0.2) is 13.1 Å². The molecule has 1 heterocycles. The quantitative estimate of drug-likeness (QED) is 0.763. The van der Waals surface area contributed by atoms with Crippen LogP contribution in [0.1, 0.15) is 12.6 Å². The molecule has 0 unspecified atom stereocenters. The molecule has 0 atom stereocenters. The molecular weight excluding hydrogens is 180 g/mol. The van der Waals surface area contributed by atoms with E-state index < -0.39 is 10.0 Å². The molecule has 0 bridgehead atoms. The fourth-order valence-corrected chi connectivity index (χ4v) is 1.11. The summed E-state index contributed by atoms with van der Waals surface area (Å²) in [5.41, 5.74) is 0.642. The third-order valence-electron chi connectivity index (χ3n) is 1.24. The highest BCUT2D eigenvalue weighted by Crippen LogP contribution is 2.07. The van der Waals surface area contributed by atoms with E-state index in [1.165, 1.54) is 13.2 Å². The zero-order valence-electron chi connectivity index (χ0n) is 6.86. The van der Waals surface area contributed by atoms with Gasteiger partial charge in [-0.2, -0.15) is 4.98 Å². The summed E-state index contributed by atoms with van der Waals surface area (Å²) in [7, 11) is -3.27. The molecule has 1 rings (SSSR count). The Hall–Kier alpha value is -1.04. The van der Waals surface area contributed by atoms with E-state index in [2.05, 4.69) is 9.71 Å². The summed E-state index contributed by atoms with van der Waals surface area (Å²) in [5, 5.41) is 0. The monoisotopic (exact) mass is 190 g/mol. The molecule has 0 saturated heterocycles. The van der Waals surface area contributed by atoms with Crippen LogP contribution in [-0.4, -0.2) is 19.2 Å². The third kappa shape index (κ3) is 2.23. The molecule has 0 aliphatic rings. The number of anilines is 1. The largest absolute Gasteiger partial charge is 0.431 e. The molecule has 0 aliphatic heterocycles. The summed E-state index contributed by atoms with van der Waals surface area (Å²) in [6.07, 6.45) is 1.38. The number of aryl methyl sites for hydroxylation is 1. The van der Waals surface area contributed by atoms with Crippen LogP contribution in [0.15, 0.2) is 10.7 Å². The van der Waals surface area contributed by atoms with Crippen LogP contribution in [0.25, 0.3) is 0 Å². The van der Waals surface area contributed by atoms with Crippen LogP contribution < -0.4 is 4.72 Å². The molecule has 0 aromatic carbocycles. The molecule has 0 aliphatic carbocycles. The van der Waals surface area contributed by atoms with Crippen LogP contribution in [0.3, 0.4) is 0 Å². The van der Waals surface area contributed by atoms with Crippen molar-refractivity contribution in [2.24, 2.45) is 0 Å². The van der Waals surface area contributed by atoms with Crippen molar-refractivity contribution < 1.29 is 12.8 Å². The topological polar surface area (TPSA) is 72.2 Å². The summed E-state index contributed by atoms with van der Waals surface area (Å²) in [6.45, 7) is 3.26. The first-order valence-corrected chi connectivity index (χ1v) is 5.11. The van der Waals surface area contributed by atoms with E-state index in [1.54, 1.807) is 6.92 Å². The summed E-state index contributed by atoms with van der Waals surface area (Å²) < 4.78 is 28.9. The SMILES string of the molecule is CCS(=O)(=O)Nc1nc(C)co1. The average Bonchev–Trinajstić information content (AvgIpc) is 2.35. The maximum absolute atomic E-state index is 11.0. The lowest BCUT2D eigenvalue weighted by Gasteiger charge is -1.98. The maximum atomic E-state index is 11.0. The van der Waals surface area contributed by atoms with E-state index in [1.807, 2.05) is 0 Å². The standard InChI is InChI=1S/C6H10N2O3S/c1-3-12(9,10)8-6-7-5(2)4-11-6/h4H,3H2,1-2H3,(H,7,8). The van der Waals surface area contributed by atoms with E-state index in [4.69, 9.17) is 4.42 Å². The van der Waals surface area contributed by atoms with Gasteiger partial charge >= 0.3 is 6.01 Å². The summed E-state index contributed by atoms with van der Waals surface area (Å²) in [4.78, 5) is 3.79. The Morgan fingerprint density at radius 2 is 2.33 bits per heavy atom. The summed E-state index contributed by atoms with van der Waals surface area (Å²) in [5.74, 6) is 0.00836. The van der Waals surface area contributed by atoms with Crippen LogP contribution in [-0.2, 0) is 10.0 Å². The van der Waals surface area contributed by atoms with Gasteiger partial charge in [0.05, 0.1) is 11.4 Å². The molecule has 5 nitrogen and oxygen atoms in total. The molecule has 6 heteroatoms. The van der Waals surface area contributed by atoms with Gasteiger partial charge in [0.15, 0.2) is 0 Å². The smallest absolute Gasteiger partial charge is 0.308 e. The first-order valence-electron chi connectivity index (χ1n) is 3.46. The molecule has 0 saturated carbocycles. The van der Waals surface area contributed by atoms with Crippen molar-refractivity contribution in [3.8, 4) is 0 Å². The van der Waals surface area contributed by atoms with E-state index >= 15 is 0 Å². The minimum Gasteiger partial charge on any atom is -0.431 e. The lowest BCUT2D eigenvalue weighted by atomic mass is 10.6. The van der Waals surface area contributed by atoms with Crippen LogP contribution in [0.4, 0.5) is 6.01 Å². The Kier molecular flexibility index (Phi) is 2.37. The second kappa shape index (κ2) is 3.14. The lowest BCUT2D eigenvalue weighted by Crippen LogP contribution is -2.14. The number of hydrogen-bond donors (Lipinski definition) is 1. The minimum atomic E-state index is -3.27. The van der Waals surface area contributed by atoms with Gasteiger partial charge in [-0.3, -0.25) is 0 Å². The van der Waals surface area contributed by atoms with Crippen molar-refractivity contribution in [1.82, 2.24) is 4.98 Å². The number of nitrogens with zero attached hydrogens (tertiary/aromatic N) is 1. The van der Waals surface area contributed by atoms with Crippen molar-refractivity contribution in [2.45, 2.75) is 13.8 Å². The molecule has 68 valence electrons. The van der Waals surface area contributed by atoms with Crippen molar-refractivity contribution in [1.29, 1.82) is 0 Å². The first kappa shape index (κ1) is 9.05. The van der Waals surface area contributed by atoms with E-state index in [0.717, 1.165) is 0 Å². The Morgan fingerprint density at radius 1 is 1.67 bits per heavy atom. The summed E-state index contributed by atoms with van der Waals surface area (Å²) in [6, 6.07) is 0.0225. The molecule has 0 fully saturated rings. The Labute approximate surface area is 70.9 Å². The summed E-state index contributed by atoms with van der Waals surface area (Å²) >= 11 is 0. The highest BCUT2D eigenvalue weighted by Gasteiger charge is 2.09. The fraction of sp³-hybridized carbons (Fsp3) is 0.500. The number of oxazole rings is 1. The minimum absolute atomic E-state index is 0.00836. The Morgan fingerprint density at radius 3 is 2.75 bits per heavy atom. The van der Waals surface area contributed by atoms with Crippen LogP contribution in [0.2, 0.25) is 0 Å². The second-order valence-corrected chi connectivity index (χ2v) is 4.31. The van der Waals surface area contributed by atoms with Gasteiger partial charge in [-0.15, -0.1) is 0 Å².